The first-order valence-electron chi connectivity index (χ1n) is 10.3. The Kier molecular flexibility index (Phi) is 6.94. The maximum absolute atomic E-state index is 12.7. The summed E-state index contributed by atoms with van der Waals surface area (Å²) in [5.74, 6) is 0.627. The van der Waals surface area contributed by atoms with Crippen molar-refractivity contribution in [3.8, 4) is 0 Å². The van der Waals surface area contributed by atoms with Crippen molar-refractivity contribution < 1.29 is 0 Å². The van der Waals surface area contributed by atoms with Gasteiger partial charge in [0, 0.05) is 45.3 Å². The largest absolute Gasteiger partial charge is 0.367 e. The number of unbranched alkanes of at least 4 members (excludes halogenated alkanes) is 1. The van der Waals surface area contributed by atoms with Gasteiger partial charge in [0.25, 0.3) is 5.56 Å². The fraction of sp³-hybridized carbons (Fsp3) is 0.429. The molecule has 1 aromatic carbocycles. The summed E-state index contributed by atoms with van der Waals surface area (Å²) in [7, 11) is 0. The molecule has 3 heterocycles. The van der Waals surface area contributed by atoms with Crippen molar-refractivity contribution in [2.45, 2.75) is 25.9 Å². The topological polar surface area (TPSA) is 78.0 Å². The first-order chi connectivity index (χ1) is 14.6. The van der Waals surface area contributed by atoms with Gasteiger partial charge in [-0.25, -0.2) is 4.98 Å². The lowest BCUT2D eigenvalue weighted by Crippen LogP contribution is -2.43. The number of hydrogen-bond donors (Lipinski definition) is 3. The Morgan fingerprint density at radius 2 is 1.87 bits per heavy atom. The van der Waals surface area contributed by atoms with Gasteiger partial charge in [-0.3, -0.25) is 4.79 Å². The normalized spacial score (nSPS) is 15.0. The molecule has 160 valence electrons. The number of nitrogens with zero attached hydrogens (tertiary/aromatic N) is 3. The third-order valence-corrected chi connectivity index (χ3v) is 6.15. The first-order valence-corrected chi connectivity index (χ1v) is 11.0. The smallest absolute Gasteiger partial charge is 0.275 e. The van der Waals surface area contributed by atoms with Gasteiger partial charge in [-0.15, -0.1) is 0 Å². The molecule has 0 atom stereocenters. The van der Waals surface area contributed by atoms with Crippen LogP contribution in [0.4, 0.5) is 5.82 Å². The molecule has 1 aliphatic rings. The van der Waals surface area contributed by atoms with Crippen molar-refractivity contribution in [1.29, 1.82) is 0 Å². The van der Waals surface area contributed by atoms with E-state index in [1.54, 1.807) is 12.4 Å². The molecular formula is C21H26Cl2N6O. The molecule has 3 N–H and O–H groups in total. The molecular weight excluding hydrogens is 423 g/mol. The minimum Gasteiger partial charge on any atom is -0.367 e. The standard InChI is InChI=1S/C21H26Cl2N6O/c22-16-4-3-15(11-17(16)23)13-25-19-12-18-20(21(30)27-19)29(14-26-18)8-2-1-7-28-9-5-24-6-10-28/h3-4,11-12,14,24H,1-2,5-10,13H2,(H2,25,27,30). The zero-order valence-electron chi connectivity index (χ0n) is 16.8. The van der Waals surface area contributed by atoms with Crippen LogP contribution >= 0.6 is 23.2 Å². The highest BCUT2D eigenvalue weighted by Crippen LogP contribution is 2.23. The molecule has 1 saturated heterocycles. The highest BCUT2D eigenvalue weighted by molar-refractivity contribution is 6.42. The molecule has 0 amide bonds. The Labute approximate surface area is 185 Å². The van der Waals surface area contributed by atoms with E-state index in [0.717, 1.165) is 57.7 Å². The zero-order chi connectivity index (χ0) is 20.9. The summed E-state index contributed by atoms with van der Waals surface area (Å²) in [5, 5.41) is 7.63. The SMILES string of the molecule is O=c1[nH]c(NCc2ccc(Cl)c(Cl)c2)cc2ncn(CCCCN3CCNCC3)c12. The Bertz CT molecular complexity index is 1060. The lowest BCUT2D eigenvalue weighted by molar-refractivity contribution is 0.235. The van der Waals surface area contributed by atoms with Crippen LogP contribution in [0.5, 0.6) is 0 Å². The lowest BCUT2D eigenvalue weighted by atomic mass is 10.2. The van der Waals surface area contributed by atoms with Gasteiger partial charge in [0.2, 0.25) is 0 Å². The first kappa shape index (κ1) is 21.2. The number of hydrogen-bond acceptors (Lipinski definition) is 5. The molecule has 9 heteroatoms. The second-order valence-corrected chi connectivity index (χ2v) is 8.40. The maximum Gasteiger partial charge on any atom is 0.275 e. The number of rotatable bonds is 8. The van der Waals surface area contributed by atoms with Crippen molar-refractivity contribution in [2.75, 3.05) is 38.0 Å². The van der Waals surface area contributed by atoms with Gasteiger partial charge in [-0.2, -0.15) is 0 Å². The van der Waals surface area contributed by atoms with Crippen LogP contribution in [-0.2, 0) is 13.1 Å². The molecule has 0 saturated carbocycles. The maximum atomic E-state index is 12.7. The minimum absolute atomic E-state index is 0.135. The number of aromatic amines is 1. The van der Waals surface area contributed by atoms with E-state index in [1.807, 2.05) is 22.8 Å². The van der Waals surface area contributed by atoms with E-state index < -0.39 is 0 Å². The molecule has 0 aliphatic carbocycles. The zero-order valence-corrected chi connectivity index (χ0v) is 18.3. The molecule has 1 fully saturated rings. The molecule has 7 nitrogen and oxygen atoms in total. The second-order valence-electron chi connectivity index (χ2n) is 7.58. The number of benzene rings is 1. The van der Waals surface area contributed by atoms with Crippen molar-refractivity contribution in [2.24, 2.45) is 0 Å². The van der Waals surface area contributed by atoms with Gasteiger partial charge in [0.05, 0.1) is 21.9 Å². The number of pyridine rings is 1. The summed E-state index contributed by atoms with van der Waals surface area (Å²) < 4.78 is 1.95. The molecule has 2 aromatic heterocycles. The van der Waals surface area contributed by atoms with Crippen LogP contribution in [0, 0.1) is 0 Å². The van der Waals surface area contributed by atoms with Crippen LogP contribution in [0.1, 0.15) is 18.4 Å². The van der Waals surface area contributed by atoms with Crippen molar-refractivity contribution in [3.05, 3.63) is 56.6 Å². The lowest BCUT2D eigenvalue weighted by Gasteiger charge is -2.27. The van der Waals surface area contributed by atoms with Crippen LogP contribution in [0.25, 0.3) is 11.0 Å². The molecule has 30 heavy (non-hydrogen) atoms. The molecule has 1 aliphatic heterocycles. The minimum atomic E-state index is -0.135. The van der Waals surface area contributed by atoms with E-state index in [1.165, 1.54) is 0 Å². The molecule has 0 unspecified atom stereocenters. The van der Waals surface area contributed by atoms with Gasteiger partial charge in [0.1, 0.15) is 11.3 Å². The number of H-pyrrole nitrogens is 1. The molecule has 4 rings (SSSR count). The third-order valence-electron chi connectivity index (χ3n) is 5.41. The van der Waals surface area contributed by atoms with Crippen LogP contribution in [0.2, 0.25) is 10.0 Å². The van der Waals surface area contributed by atoms with E-state index in [-0.39, 0.29) is 5.56 Å². The summed E-state index contributed by atoms with van der Waals surface area (Å²) in [6.07, 6.45) is 3.89. The van der Waals surface area contributed by atoms with Gasteiger partial charge in [-0.05, 0) is 37.1 Å². The number of anilines is 1. The Morgan fingerprint density at radius 3 is 2.67 bits per heavy atom. The predicted molar refractivity (Wildman–Crippen MR) is 123 cm³/mol. The molecule has 0 radical (unpaired) electrons. The van der Waals surface area contributed by atoms with Crippen molar-refractivity contribution >= 4 is 40.1 Å². The van der Waals surface area contributed by atoms with Gasteiger partial charge >= 0.3 is 0 Å². The van der Waals surface area contributed by atoms with Crippen LogP contribution in [0.15, 0.2) is 35.4 Å². The van der Waals surface area contributed by atoms with Gasteiger partial charge in [0.15, 0.2) is 0 Å². The van der Waals surface area contributed by atoms with E-state index >= 15 is 0 Å². The summed E-state index contributed by atoms with van der Waals surface area (Å²) in [6, 6.07) is 7.33. The second kappa shape index (κ2) is 9.83. The van der Waals surface area contributed by atoms with E-state index in [4.69, 9.17) is 23.2 Å². The summed E-state index contributed by atoms with van der Waals surface area (Å²) in [6.45, 7) is 6.80. The molecule has 0 bridgehead atoms. The van der Waals surface area contributed by atoms with E-state index in [9.17, 15) is 4.79 Å². The number of halogens is 2. The van der Waals surface area contributed by atoms with Gasteiger partial charge < -0.3 is 25.1 Å². The van der Waals surface area contributed by atoms with Crippen LogP contribution in [0.3, 0.4) is 0 Å². The highest BCUT2D eigenvalue weighted by atomic mass is 35.5. The van der Waals surface area contributed by atoms with E-state index in [0.29, 0.717) is 33.4 Å². The number of piperazine rings is 1. The van der Waals surface area contributed by atoms with Crippen molar-refractivity contribution in [3.63, 3.8) is 0 Å². The number of fused-ring (bicyclic) bond motifs is 1. The van der Waals surface area contributed by atoms with Crippen LogP contribution in [-0.4, -0.2) is 52.2 Å². The molecule has 3 aromatic rings. The Hall–Kier alpha value is -2.06. The fourth-order valence-electron chi connectivity index (χ4n) is 3.77. The third kappa shape index (κ3) is 5.16. The number of nitrogens with one attached hydrogen (secondary N) is 3. The fourth-order valence-corrected chi connectivity index (χ4v) is 4.09. The average molecular weight is 449 g/mol. The summed E-state index contributed by atoms with van der Waals surface area (Å²) >= 11 is 12.0. The van der Waals surface area contributed by atoms with Gasteiger partial charge in [-0.1, -0.05) is 29.3 Å². The predicted octanol–water partition coefficient (Wildman–Crippen LogP) is 3.33. The number of aryl methyl sites for hydroxylation is 1. The molecule has 0 spiro atoms. The average Bonchev–Trinajstić information content (AvgIpc) is 3.16. The number of aromatic nitrogens is 3. The van der Waals surface area contributed by atoms with E-state index in [2.05, 4.69) is 25.5 Å². The quantitative estimate of drug-likeness (QED) is 0.460. The summed E-state index contributed by atoms with van der Waals surface area (Å²) in [4.78, 5) is 22.5. The summed E-state index contributed by atoms with van der Waals surface area (Å²) in [5.41, 5.74) is 2.15. The Morgan fingerprint density at radius 1 is 1.07 bits per heavy atom. The van der Waals surface area contributed by atoms with Crippen molar-refractivity contribution in [1.82, 2.24) is 24.8 Å². The number of imidazole rings is 1. The Balaban J connectivity index is 1.36. The van der Waals surface area contributed by atoms with Crippen LogP contribution < -0.4 is 16.2 Å². The highest BCUT2D eigenvalue weighted by Gasteiger charge is 2.11. The monoisotopic (exact) mass is 448 g/mol.